The topological polar surface area (TPSA) is 108 Å². The number of pyridine rings is 1. The van der Waals surface area contributed by atoms with Gasteiger partial charge in [0, 0.05) is 57.7 Å². The molecule has 5 rings (SSSR count). The van der Waals surface area contributed by atoms with Crippen LogP contribution < -0.4 is 10.2 Å². The number of carbonyl (C=O) groups excluding carboxylic acids is 1. The van der Waals surface area contributed by atoms with Gasteiger partial charge in [-0.05, 0) is 43.0 Å². The summed E-state index contributed by atoms with van der Waals surface area (Å²) in [5.41, 5.74) is 3.15. The number of aromatic amines is 1. The van der Waals surface area contributed by atoms with Crippen molar-refractivity contribution in [2.24, 2.45) is 5.92 Å². The minimum Gasteiger partial charge on any atom is -0.465 e. The van der Waals surface area contributed by atoms with Gasteiger partial charge >= 0.3 is 12.1 Å². The fourth-order valence-electron chi connectivity index (χ4n) is 5.42. The summed E-state index contributed by atoms with van der Waals surface area (Å²) in [7, 11) is 3.58. The van der Waals surface area contributed by atoms with E-state index in [-0.39, 0.29) is 12.1 Å². The second-order valence-electron chi connectivity index (χ2n) is 9.72. The molecule has 186 valence electrons. The number of anilines is 3. The standard InChI is InChI=1S/C25H33N7O3/c1-29(2)24(33)32-10-9-18-15-21(28-22(18)23(32)17-5-3-4-6-17)27-20-8-7-19(16-26-20)30-11-13-31(14-12-30)25(34)35/h7-10,15-17,23,28H,3-6,11-14H2,1-2H3,(H,26,27)(H,34,35). The van der Waals surface area contributed by atoms with Crippen LogP contribution >= 0.6 is 0 Å². The van der Waals surface area contributed by atoms with Crippen molar-refractivity contribution in [3.63, 3.8) is 0 Å². The summed E-state index contributed by atoms with van der Waals surface area (Å²) in [6.07, 6.45) is 9.53. The van der Waals surface area contributed by atoms with Gasteiger partial charge in [-0.2, -0.15) is 0 Å². The Morgan fingerprint density at radius 1 is 1.14 bits per heavy atom. The van der Waals surface area contributed by atoms with Gasteiger partial charge in [-0.3, -0.25) is 4.90 Å². The molecule has 0 spiro atoms. The molecular formula is C25H33N7O3. The highest BCUT2D eigenvalue weighted by Crippen LogP contribution is 2.44. The van der Waals surface area contributed by atoms with Gasteiger partial charge in [-0.1, -0.05) is 12.8 Å². The largest absolute Gasteiger partial charge is 0.465 e. The maximum absolute atomic E-state index is 12.9. The molecule has 4 heterocycles. The molecule has 3 aliphatic rings. The number of piperazine rings is 1. The summed E-state index contributed by atoms with van der Waals surface area (Å²) >= 11 is 0. The SMILES string of the molecule is CN(C)C(=O)N1C=Cc2cc(Nc3ccc(N4CCN(C(=O)O)CC4)cn3)[nH]c2C1C1CCCC1. The highest BCUT2D eigenvalue weighted by molar-refractivity contribution is 5.79. The number of urea groups is 1. The lowest BCUT2D eigenvalue weighted by Gasteiger charge is -2.37. The van der Waals surface area contributed by atoms with Crippen LogP contribution in [0, 0.1) is 5.92 Å². The van der Waals surface area contributed by atoms with E-state index in [1.807, 2.05) is 35.5 Å². The van der Waals surface area contributed by atoms with E-state index in [2.05, 4.69) is 26.3 Å². The summed E-state index contributed by atoms with van der Waals surface area (Å²) in [6.45, 7) is 2.29. The summed E-state index contributed by atoms with van der Waals surface area (Å²) in [6, 6.07) is 6.02. The van der Waals surface area contributed by atoms with Crippen molar-refractivity contribution >= 4 is 35.5 Å². The summed E-state index contributed by atoms with van der Waals surface area (Å²) < 4.78 is 0. The van der Waals surface area contributed by atoms with E-state index < -0.39 is 6.09 Å². The summed E-state index contributed by atoms with van der Waals surface area (Å²) in [5, 5.41) is 12.5. The lowest BCUT2D eigenvalue weighted by Crippen LogP contribution is -2.48. The predicted molar refractivity (Wildman–Crippen MR) is 135 cm³/mol. The molecule has 10 nitrogen and oxygen atoms in total. The molecule has 3 amide bonds. The molecule has 0 bridgehead atoms. The Labute approximate surface area is 205 Å². The molecule has 1 unspecified atom stereocenters. The van der Waals surface area contributed by atoms with Crippen LogP contribution in [0.3, 0.4) is 0 Å². The second-order valence-corrected chi connectivity index (χ2v) is 9.72. The third kappa shape index (κ3) is 4.65. The number of hydrogen-bond donors (Lipinski definition) is 3. The molecule has 0 radical (unpaired) electrons. The van der Waals surface area contributed by atoms with Crippen molar-refractivity contribution < 1.29 is 14.7 Å². The van der Waals surface area contributed by atoms with E-state index in [0.29, 0.717) is 32.1 Å². The van der Waals surface area contributed by atoms with E-state index in [1.165, 1.54) is 17.7 Å². The number of rotatable bonds is 4. The third-order valence-electron chi connectivity index (χ3n) is 7.27. The van der Waals surface area contributed by atoms with Gasteiger partial charge < -0.3 is 30.1 Å². The molecule has 0 aromatic carbocycles. The number of nitrogens with zero attached hydrogens (tertiary/aromatic N) is 5. The molecule has 3 N–H and O–H groups in total. The van der Waals surface area contributed by atoms with Crippen LogP contribution in [0.25, 0.3) is 6.08 Å². The average molecular weight is 480 g/mol. The highest BCUT2D eigenvalue weighted by atomic mass is 16.4. The number of carbonyl (C=O) groups is 2. The van der Waals surface area contributed by atoms with Gasteiger partial charge in [0.05, 0.1) is 17.9 Å². The average Bonchev–Trinajstić information content (AvgIpc) is 3.53. The summed E-state index contributed by atoms with van der Waals surface area (Å²) in [5.74, 6) is 2.00. The van der Waals surface area contributed by atoms with Crippen LogP contribution in [0.5, 0.6) is 0 Å². The molecule has 1 saturated heterocycles. The number of carboxylic acid groups (broad SMARTS) is 1. The van der Waals surface area contributed by atoms with Gasteiger partial charge in [0.25, 0.3) is 0 Å². The fourth-order valence-corrected chi connectivity index (χ4v) is 5.42. The quantitative estimate of drug-likeness (QED) is 0.608. The van der Waals surface area contributed by atoms with Crippen molar-refractivity contribution in [2.75, 3.05) is 50.5 Å². The molecule has 2 aliphatic heterocycles. The van der Waals surface area contributed by atoms with Crippen LogP contribution in [0.4, 0.5) is 26.9 Å². The molecule has 2 aromatic heterocycles. The first kappa shape index (κ1) is 23.1. The molecule has 1 saturated carbocycles. The Morgan fingerprint density at radius 2 is 1.89 bits per heavy atom. The normalized spacial score (nSPS) is 20.2. The van der Waals surface area contributed by atoms with Crippen LogP contribution in [0.1, 0.15) is 43.0 Å². The van der Waals surface area contributed by atoms with Crippen LogP contribution in [0.2, 0.25) is 0 Å². The van der Waals surface area contributed by atoms with Gasteiger partial charge in [-0.25, -0.2) is 14.6 Å². The smallest absolute Gasteiger partial charge is 0.407 e. The first-order chi connectivity index (χ1) is 16.9. The van der Waals surface area contributed by atoms with Crippen molar-refractivity contribution in [3.05, 3.63) is 41.9 Å². The van der Waals surface area contributed by atoms with Crippen molar-refractivity contribution in [2.45, 2.75) is 31.7 Å². The molecule has 1 aliphatic carbocycles. The van der Waals surface area contributed by atoms with E-state index in [4.69, 9.17) is 5.11 Å². The lowest BCUT2D eigenvalue weighted by molar-refractivity contribution is 0.142. The number of nitrogens with one attached hydrogen (secondary N) is 2. The van der Waals surface area contributed by atoms with E-state index in [0.717, 1.165) is 41.4 Å². The molecule has 10 heteroatoms. The van der Waals surface area contributed by atoms with Gasteiger partial charge in [0.15, 0.2) is 0 Å². The number of aromatic nitrogens is 2. The van der Waals surface area contributed by atoms with Gasteiger partial charge in [-0.15, -0.1) is 0 Å². The molecule has 1 atom stereocenters. The first-order valence-electron chi connectivity index (χ1n) is 12.3. The Bertz CT molecular complexity index is 1100. The van der Waals surface area contributed by atoms with E-state index in [9.17, 15) is 9.59 Å². The Kier molecular flexibility index (Phi) is 6.27. The Morgan fingerprint density at radius 3 is 2.51 bits per heavy atom. The zero-order valence-corrected chi connectivity index (χ0v) is 20.3. The zero-order valence-electron chi connectivity index (χ0n) is 20.3. The minimum absolute atomic E-state index is 0.00255. The van der Waals surface area contributed by atoms with Crippen molar-refractivity contribution in [1.29, 1.82) is 0 Å². The predicted octanol–water partition coefficient (Wildman–Crippen LogP) is 4.15. The van der Waals surface area contributed by atoms with Crippen molar-refractivity contribution in [1.82, 2.24) is 24.7 Å². The first-order valence-corrected chi connectivity index (χ1v) is 12.3. The van der Waals surface area contributed by atoms with Crippen molar-refractivity contribution in [3.8, 4) is 0 Å². The van der Waals surface area contributed by atoms with E-state index >= 15 is 0 Å². The number of H-pyrrole nitrogens is 1. The maximum Gasteiger partial charge on any atom is 0.407 e. The monoisotopic (exact) mass is 479 g/mol. The molecular weight excluding hydrogens is 446 g/mol. The second kappa shape index (κ2) is 9.52. The lowest BCUT2D eigenvalue weighted by atomic mass is 9.90. The Hall–Kier alpha value is -3.69. The van der Waals surface area contributed by atoms with Crippen LogP contribution in [0.15, 0.2) is 30.6 Å². The Balaban J connectivity index is 1.30. The number of hydrogen-bond acceptors (Lipinski definition) is 5. The fraction of sp³-hybridized carbons (Fsp3) is 0.480. The van der Waals surface area contributed by atoms with Crippen LogP contribution in [-0.4, -0.2) is 82.2 Å². The highest BCUT2D eigenvalue weighted by Gasteiger charge is 2.37. The molecule has 35 heavy (non-hydrogen) atoms. The number of amides is 3. The molecule has 2 fully saturated rings. The maximum atomic E-state index is 12.9. The third-order valence-corrected chi connectivity index (χ3v) is 7.27. The van der Waals surface area contributed by atoms with Gasteiger partial charge in [0.1, 0.15) is 11.6 Å². The molecule has 2 aromatic rings. The van der Waals surface area contributed by atoms with E-state index in [1.54, 1.807) is 19.0 Å². The van der Waals surface area contributed by atoms with Gasteiger partial charge in [0.2, 0.25) is 0 Å². The number of fused-ring (bicyclic) bond motifs is 1. The summed E-state index contributed by atoms with van der Waals surface area (Å²) in [4.78, 5) is 39.2. The zero-order chi connectivity index (χ0) is 24.5. The minimum atomic E-state index is -0.866. The van der Waals surface area contributed by atoms with Crippen LogP contribution in [-0.2, 0) is 0 Å².